The predicted molar refractivity (Wildman–Crippen MR) is 73.8 cm³/mol. The fourth-order valence-corrected chi connectivity index (χ4v) is 2.39. The Kier molecular flexibility index (Phi) is 4.08. The fourth-order valence-electron chi connectivity index (χ4n) is 2.39. The molecule has 1 atom stereocenters. The Bertz CT molecular complexity index is 426. The predicted octanol–water partition coefficient (Wildman–Crippen LogP) is 3.54. The van der Waals surface area contributed by atoms with E-state index in [1.807, 2.05) is 44.0 Å². The second kappa shape index (κ2) is 5.59. The molecule has 104 valence electrons. The van der Waals surface area contributed by atoms with Crippen LogP contribution < -0.4 is 0 Å². The number of carbonyl (C=O) groups is 1. The molecule has 19 heavy (non-hydrogen) atoms. The van der Waals surface area contributed by atoms with E-state index in [0.717, 1.165) is 31.4 Å². The maximum Gasteiger partial charge on any atom is 0.410 e. The smallest absolute Gasteiger partial charge is 0.410 e. The Morgan fingerprint density at radius 2 is 2.21 bits per heavy atom. The summed E-state index contributed by atoms with van der Waals surface area (Å²) in [5.74, 6) is 0. The van der Waals surface area contributed by atoms with Gasteiger partial charge in [-0.3, -0.25) is 4.98 Å². The van der Waals surface area contributed by atoms with Crippen molar-refractivity contribution in [2.45, 2.75) is 51.7 Å². The first-order chi connectivity index (χ1) is 8.97. The molecule has 0 aliphatic carbocycles. The molecule has 0 N–H and O–H groups in total. The topological polar surface area (TPSA) is 42.4 Å². The van der Waals surface area contributed by atoms with Gasteiger partial charge in [0.2, 0.25) is 0 Å². The summed E-state index contributed by atoms with van der Waals surface area (Å²) >= 11 is 0. The van der Waals surface area contributed by atoms with Crippen molar-refractivity contribution in [3.05, 3.63) is 30.1 Å². The lowest BCUT2D eigenvalue weighted by Crippen LogP contribution is -2.41. The van der Waals surface area contributed by atoms with Crippen LogP contribution in [-0.2, 0) is 4.74 Å². The first kappa shape index (κ1) is 13.8. The van der Waals surface area contributed by atoms with Gasteiger partial charge in [-0.05, 0) is 51.7 Å². The van der Waals surface area contributed by atoms with E-state index >= 15 is 0 Å². The maximum atomic E-state index is 12.3. The molecule has 1 saturated heterocycles. The van der Waals surface area contributed by atoms with E-state index in [2.05, 4.69) is 4.98 Å². The Balaban J connectivity index is 2.15. The van der Waals surface area contributed by atoms with E-state index < -0.39 is 5.60 Å². The number of likely N-dealkylation sites (tertiary alicyclic amines) is 1. The molecule has 4 nitrogen and oxygen atoms in total. The summed E-state index contributed by atoms with van der Waals surface area (Å²) in [5, 5.41) is 0. The monoisotopic (exact) mass is 262 g/mol. The number of pyridine rings is 1. The minimum absolute atomic E-state index is 0.0947. The molecule has 0 saturated carbocycles. The molecule has 4 heteroatoms. The van der Waals surface area contributed by atoms with Gasteiger partial charge in [0.15, 0.2) is 0 Å². The molecule has 0 aromatic carbocycles. The van der Waals surface area contributed by atoms with Crippen molar-refractivity contribution in [2.75, 3.05) is 6.54 Å². The van der Waals surface area contributed by atoms with Crippen molar-refractivity contribution in [1.82, 2.24) is 9.88 Å². The highest BCUT2D eigenvalue weighted by atomic mass is 16.6. The number of ether oxygens (including phenoxy) is 1. The number of rotatable bonds is 1. The quantitative estimate of drug-likeness (QED) is 0.777. The maximum absolute atomic E-state index is 12.3. The lowest BCUT2D eigenvalue weighted by Gasteiger charge is -2.36. The first-order valence-corrected chi connectivity index (χ1v) is 6.87. The molecule has 0 radical (unpaired) electrons. The Hall–Kier alpha value is -1.58. The van der Waals surface area contributed by atoms with Gasteiger partial charge in [-0.25, -0.2) is 4.79 Å². The van der Waals surface area contributed by atoms with Crippen molar-refractivity contribution >= 4 is 6.09 Å². The molecule has 2 heterocycles. The summed E-state index contributed by atoms with van der Waals surface area (Å²) in [7, 11) is 0. The fraction of sp³-hybridized carbons (Fsp3) is 0.600. The number of carbonyl (C=O) groups excluding carboxylic acids is 1. The number of nitrogens with zero attached hydrogens (tertiary/aromatic N) is 2. The molecule has 1 aromatic heterocycles. The Morgan fingerprint density at radius 3 is 2.84 bits per heavy atom. The molecule has 1 aliphatic heterocycles. The van der Waals surface area contributed by atoms with E-state index in [1.165, 1.54) is 0 Å². The molecular formula is C15H22N2O2. The third kappa shape index (κ3) is 3.69. The lowest BCUT2D eigenvalue weighted by atomic mass is 9.97. The zero-order valence-electron chi connectivity index (χ0n) is 11.9. The second-order valence-corrected chi connectivity index (χ2v) is 5.97. The average molecular weight is 262 g/mol. The number of aromatic nitrogens is 1. The van der Waals surface area contributed by atoms with E-state index in [-0.39, 0.29) is 12.1 Å². The average Bonchev–Trinajstić information content (AvgIpc) is 2.38. The molecule has 0 spiro atoms. The summed E-state index contributed by atoms with van der Waals surface area (Å²) in [4.78, 5) is 18.3. The van der Waals surface area contributed by atoms with Crippen LogP contribution in [0.15, 0.2) is 24.5 Å². The van der Waals surface area contributed by atoms with Gasteiger partial charge in [0, 0.05) is 18.9 Å². The van der Waals surface area contributed by atoms with Crippen molar-refractivity contribution in [3.8, 4) is 0 Å². The molecular weight excluding hydrogens is 240 g/mol. The minimum Gasteiger partial charge on any atom is -0.444 e. The van der Waals surface area contributed by atoms with Crippen LogP contribution in [0, 0.1) is 0 Å². The summed E-state index contributed by atoms with van der Waals surface area (Å²) in [5.41, 5.74) is 0.640. The molecule has 1 aliphatic rings. The van der Waals surface area contributed by atoms with Crippen LogP contribution in [0.4, 0.5) is 4.79 Å². The van der Waals surface area contributed by atoms with Crippen molar-refractivity contribution < 1.29 is 9.53 Å². The number of hydrogen-bond acceptors (Lipinski definition) is 3. The van der Waals surface area contributed by atoms with Gasteiger partial charge < -0.3 is 9.64 Å². The zero-order valence-corrected chi connectivity index (χ0v) is 11.9. The van der Waals surface area contributed by atoms with Crippen molar-refractivity contribution in [3.63, 3.8) is 0 Å². The summed E-state index contributed by atoms with van der Waals surface area (Å²) < 4.78 is 5.50. The molecule has 0 unspecified atom stereocenters. The van der Waals surface area contributed by atoms with Gasteiger partial charge in [0.1, 0.15) is 5.60 Å². The van der Waals surface area contributed by atoms with Crippen LogP contribution in [0.25, 0.3) is 0 Å². The van der Waals surface area contributed by atoms with Crippen LogP contribution in [0.3, 0.4) is 0 Å². The summed E-state index contributed by atoms with van der Waals surface area (Å²) in [6, 6.07) is 4.04. The Morgan fingerprint density at radius 1 is 1.42 bits per heavy atom. The second-order valence-electron chi connectivity index (χ2n) is 5.97. The van der Waals surface area contributed by atoms with E-state index in [0.29, 0.717) is 0 Å². The SMILES string of the molecule is CC(C)(C)OC(=O)N1CCCC[C@@H]1c1cccnc1. The number of hydrogen-bond donors (Lipinski definition) is 0. The number of piperidine rings is 1. The third-order valence-electron chi connectivity index (χ3n) is 3.20. The zero-order chi connectivity index (χ0) is 13.9. The molecule has 2 rings (SSSR count). The molecule has 1 fully saturated rings. The van der Waals surface area contributed by atoms with Gasteiger partial charge in [-0.1, -0.05) is 6.07 Å². The first-order valence-electron chi connectivity index (χ1n) is 6.87. The normalized spacial score (nSPS) is 20.2. The van der Waals surface area contributed by atoms with Crippen LogP contribution >= 0.6 is 0 Å². The third-order valence-corrected chi connectivity index (χ3v) is 3.20. The van der Waals surface area contributed by atoms with Crippen LogP contribution in [0.1, 0.15) is 51.6 Å². The van der Waals surface area contributed by atoms with Gasteiger partial charge in [-0.2, -0.15) is 0 Å². The highest BCUT2D eigenvalue weighted by Crippen LogP contribution is 2.31. The van der Waals surface area contributed by atoms with Gasteiger partial charge in [0.25, 0.3) is 0 Å². The highest BCUT2D eigenvalue weighted by Gasteiger charge is 2.31. The van der Waals surface area contributed by atoms with Crippen LogP contribution in [0.5, 0.6) is 0 Å². The minimum atomic E-state index is -0.450. The summed E-state index contributed by atoms with van der Waals surface area (Å²) in [6.45, 7) is 6.45. The van der Waals surface area contributed by atoms with E-state index in [1.54, 1.807) is 6.20 Å². The Labute approximate surface area is 114 Å². The number of amides is 1. The van der Waals surface area contributed by atoms with Gasteiger partial charge in [0.05, 0.1) is 6.04 Å². The van der Waals surface area contributed by atoms with Crippen molar-refractivity contribution in [2.24, 2.45) is 0 Å². The van der Waals surface area contributed by atoms with Crippen LogP contribution in [0.2, 0.25) is 0 Å². The van der Waals surface area contributed by atoms with Gasteiger partial charge >= 0.3 is 6.09 Å². The lowest BCUT2D eigenvalue weighted by molar-refractivity contribution is 0.00948. The molecule has 1 aromatic rings. The van der Waals surface area contributed by atoms with Crippen molar-refractivity contribution in [1.29, 1.82) is 0 Å². The van der Waals surface area contributed by atoms with Gasteiger partial charge in [-0.15, -0.1) is 0 Å². The van der Waals surface area contributed by atoms with E-state index in [4.69, 9.17) is 4.74 Å². The van der Waals surface area contributed by atoms with Crippen LogP contribution in [-0.4, -0.2) is 28.1 Å². The standard InChI is InChI=1S/C15H22N2O2/c1-15(2,3)19-14(18)17-10-5-4-8-13(17)12-7-6-9-16-11-12/h6-7,9,11,13H,4-5,8,10H2,1-3H3/t13-/m1/s1. The molecule has 1 amide bonds. The molecule has 0 bridgehead atoms. The highest BCUT2D eigenvalue weighted by molar-refractivity contribution is 5.69. The summed E-state index contributed by atoms with van der Waals surface area (Å²) in [6.07, 6.45) is 6.53. The largest absolute Gasteiger partial charge is 0.444 e. The van der Waals surface area contributed by atoms with E-state index in [9.17, 15) is 4.79 Å².